The van der Waals surface area contributed by atoms with Crippen LogP contribution in [-0.4, -0.2) is 89.3 Å². The number of hydrogen-bond acceptors (Lipinski definition) is 5. The molecule has 1 aromatic rings. The van der Waals surface area contributed by atoms with E-state index in [0.717, 1.165) is 58.7 Å². The molecule has 1 spiro atoms. The first-order chi connectivity index (χ1) is 13.0. The number of aliphatic hydroxyl groups is 1. The van der Waals surface area contributed by atoms with E-state index in [2.05, 4.69) is 41.0 Å². The number of piperazine rings is 1. The number of likely N-dealkylation sites (tertiary alicyclic amines) is 1. The SMILES string of the molecule is CCN1CCN([C@@H]2c3ccccc3C3(CCN(CC(=O)O)CC3)[C@H]2O)CC1. The topological polar surface area (TPSA) is 67.2 Å². The molecule has 2 fully saturated rings. The van der Waals surface area contributed by atoms with Gasteiger partial charge in [0.1, 0.15) is 0 Å². The Labute approximate surface area is 161 Å². The number of benzene rings is 1. The zero-order valence-corrected chi connectivity index (χ0v) is 16.2. The third-order valence-corrected chi connectivity index (χ3v) is 7.04. The van der Waals surface area contributed by atoms with Crippen LogP contribution >= 0.6 is 0 Å². The fraction of sp³-hybridized carbons (Fsp3) is 0.667. The van der Waals surface area contributed by atoms with Gasteiger partial charge in [-0.25, -0.2) is 0 Å². The molecule has 2 heterocycles. The van der Waals surface area contributed by atoms with Crippen LogP contribution in [0.4, 0.5) is 0 Å². The number of aliphatic carboxylic acids is 1. The Morgan fingerprint density at radius 2 is 1.74 bits per heavy atom. The molecule has 1 aromatic carbocycles. The number of fused-ring (bicyclic) bond motifs is 2. The van der Waals surface area contributed by atoms with Crippen LogP contribution in [0.3, 0.4) is 0 Å². The van der Waals surface area contributed by atoms with E-state index in [0.29, 0.717) is 0 Å². The van der Waals surface area contributed by atoms with Crippen molar-refractivity contribution in [3.05, 3.63) is 35.4 Å². The van der Waals surface area contributed by atoms with Crippen LogP contribution in [0.15, 0.2) is 24.3 Å². The first-order valence-electron chi connectivity index (χ1n) is 10.2. The van der Waals surface area contributed by atoms with Gasteiger partial charge < -0.3 is 15.1 Å². The summed E-state index contributed by atoms with van der Waals surface area (Å²) in [6.07, 6.45) is 1.23. The highest BCUT2D eigenvalue weighted by molar-refractivity contribution is 5.69. The van der Waals surface area contributed by atoms with Crippen molar-refractivity contribution in [3.63, 3.8) is 0 Å². The van der Waals surface area contributed by atoms with Crippen molar-refractivity contribution in [3.8, 4) is 0 Å². The lowest BCUT2D eigenvalue weighted by Crippen LogP contribution is -2.53. The van der Waals surface area contributed by atoms with Crippen LogP contribution in [-0.2, 0) is 10.2 Å². The zero-order chi connectivity index (χ0) is 19.0. The number of carboxylic acid groups (broad SMARTS) is 1. The van der Waals surface area contributed by atoms with Crippen LogP contribution in [0.2, 0.25) is 0 Å². The molecule has 0 saturated carbocycles. The average molecular weight is 373 g/mol. The van der Waals surface area contributed by atoms with Gasteiger partial charge in [0.25, 0.3) is 0 Å². The molecule has 6 nitrogen and oxygen atoms in total. The van der Waals surface area contributed by atoms with E-state index in [4.69, 9.17) is 5.11 Å². The highest BCUT2D eigenvalue weighted by atomic mass is 16.4. The Kier molecular flexibility index (Phi) is 5.25. The Balaban J connectivity index is 1.57. The molecule has 2 aliphatic heterocycles. The molecule has 2 atom stereocenters. The van der Waals surface area contributed by atoms with Gasteiger partial charge in [0, 0.05) is 31.6 Å². The van der Waals surface area contributed by atoms with Gasteiger partial charge in [0.05, 0.1) is 18.7 Å². The summed E-state index contributed by atoms with van der Waals surface area (Å²) < 4.78 is 0. The number of nitrogens with zero attached hydrogens (tertiary/aromatic N) is 3. The summed E-state index contributed by atoms with van der Waals surface area (Å²) in [5.41, 5.74) is 2.33. The van der Waals surface area contributed by atoms with Gasteiger partial charge in [0.2, 0.25) is 0 Å². The molecule has 0 amide bonds. The molecule has 3 aliphatic rings. The fourth-order valence-corrected chi connectivity index (χ4v) is 5.46. The summed E-state index contributed by atoms with van der Waals surface area (Å²) in [4.78, 5) is 18.0. The van der Waals surface area contributed by atoms with Gasteiger partial charge in [0.15, 0.2) is 0 Å². The maximum Gasteiger partial charge on any atom is 0.317 e. The van der Waals surface area contributed by atoms with E-state index < -0.39 is 12.1 Å². The van der Waals surface area contributed by atoms with E-state index >= 15 is 0 Å². The van der Waals surface area contributed by atoms with Crippen molar-refractivity contribution in [2.75, 3.05) is 52.4 Å². The Morgan fingerprint density at radius 3 is 2.37 bits per heavy atom. The molecule has 0 unspecified atom stereocenters. The largest absolute Gasteiger partial charge is 0.480 e. The van der Waals surface area contributed by atoms with Crippen LogP contribution in [0.1, 0.15) is 36.9 Å². The van der Waals surface area contributed by atoms with Crippen LogP contribution < -0.4 is 0 Å². The fourth-order valence-electron chi connectivity index (χ4n) is 5.46. The summed E-state index contributed by atoms with van der Waals surface area (Å²) in [6.45, 7) is 8.94. The average Bonchev–Trinajstić information content (AvgIpc) is 2.92. The second-order valence-corrected chi connectivity index (χ2v) is 8.27. The molecule has 1 aliphatic carbocycles. The Morgan fingerprint density at radius 1 is 1.07 bits per heavy atom. The molecule has 2 saturated heterocycles. The van der Waals surface area contributed by atoms with Crippen molar-refractivity contribution in [2.24, 2.45) is 0 Å². The van der Waals surface area contributed by atoms with E-state index in [-0.39, 0.29) is 18.0 Å². The van der Waals surface area contributed by atoms with Crippen molar-refractivity contribution >= 4 is 5.97 Å². The monoisotopic (exact) mass is 373 g/mol. The first-order valence-corrected chi connectivity index (χ1v) is 10.2. The van der Waals surface area contributed by atoms with Crippen LogP contribution in [0.5, 0.6) is 0 Å². The zero-order valence-electron chi connectivity index (χ0n) is 16.2. The lowest BCUT2D eigenvalue weighted by atomic mass is 9.72. The minimum absolute atomic E-state index is 0.0613. The van der Waals surface area contributed by atoms with E-state index in [9.17, 15) is 9.90 Å². The van der Waals surface area contributed by atoms with E-state index in [1.807, 2.05) is 4.90 Å². The van der Waals surface area contributed by atoms with Gasteiger partial charge in [-0.1, -0.05) is 31.2 Å². The molecule has 0 radical (unpaired) electrons. The number of hydrogen-bond donors (Lipinski definition) is 2. The summed E-state index contributed by atoms with van der Waals surface area (Å²) in [5.74, 6) is -0.773. The second kappa shape index (κ2) is 7.51. The maximum absolute atomic E-state index is 11.5. The quantitative estimate of drug-likeness (QED) is 0.826. The van der Waals surface area contributed by atoms with Gasteiger partial charge in [-0.2, -0.15) is 0 Å². The second-order valence-electron chi connectivity index (χ2n) is 8.27. The smallest absolute Gasteiger partial charge is 0.317 e. The third-order valence-electron chi connectivity index (χ3n) is 7.04. The molecule has 0 aromatic heterocycles. The van der Waals surface area contributed by atoms with Gasteiger partial charge >= 0.3 is 5.97 Å². The van der Waals surface area contributed by atoms with E-state index in [1.54, 1.807) is 0 Å². The van der Waals surface area contributed by atoms with Crippen molar-refractivity contribution in [1.82, 2.24) is 14.7 Å². The summed E-state index contributed by atoms with van der Waals surface area (Å²) in [5, 5.41) is 20.6. The summed E-state index contributed by atoms with van der Waals surface area (Å²) in [6, 6.07) is 8.60. The van der Waals surface area contributed by atoms with Gasteiger partial charge in [-0.15, -0.1) is 0 Å². The highest BCUT2D eigenvalue weighted by Crippen LogP contribution is 2.52. The number of carboxylic acids is 1. The van der Waals surface area contributed by atoms with Crippen molar-refractivity contribution in [1.29, 1.82) is 0 Å². The molecular weight excluding hydrogens is 342 g/mol. The molecule has 0 bridgehead atoms. The van der Waals surface area contributed by atoms with Crippen molar-refractivity contribution < 1.29 is 15.0 Å². The predicted molar refractivity (Wildman–Crippen MR) is 104 cm³/mol. The third kappa shape index (κ3) is 3.29. The summed E-state index contributed by atoms with van der Waals surface area (Å²) >= 11 is 0. The number of rotatable bonds is 4. The van der Waals surface area contributed by atoms with Gasteiger partial charge in [-0.05, 0) is 43.6 Å². The van der Waals surface area contributed by atoms with E-state index in [1.165, 1.54) is 11.1 Å². The molecular formula is C21H31N3O3. The van der Waals surface area contributed by atoms with Crippen LogP contribution in [0, 0.1) is 0 Å². The Bertz CT molecular complexity index is 679. The minimum atomic E-state index is -0.773. The van der Waals surface area contributed by atoms with Crippen LogP contribution in [0.25, 0.3) is 0 Å². The Hall–Kier alpha value is -1.47. The first kappa shape index (κ1) is 18.9. The standard InChI is InChI=1S/C21H31N3O3/c1-2-22-11-13-24(14-12-22)19-16-5-3-4-6-17(16)21(20(19)27)7-9-23(10-8-21)15-18(25)26/h3-6,19-20,27H,2,7-15H2,1H3,(H,25,26)/t19-,20+/m1/s1. The molecule has 2 N–H and O–H groups in total. The minimum Gasteiger partial charge on any atom is -0.480 e. The van der Waals surface area contributed by atoms with Gasteiger partial charge in [-0.3, -0.25) is 14.6 Å². The lowest BCUT2D eigenvalue weighted by Gasteiger charge is -2.44. The number of aliphatic hydroxyl groups excluding tert-OH is 1. The number of likely N-dealkylation sites (N-methyl/N-ethyl adjacent to an activating group) is 1. The highest BCUT2D eigenvalue weighted by Gasteiger charge is 2.54. The maximum atomic E-state index is 11.5. The number of carbonyl (C=O) groups is 1. The normalized spacial score (nSPS) is 29.1. The summed E-state index contributed by atoms with van der Waals surface area (Å²) in [7, 11) is 0. The lowest BCUT2D eigenvalue weighted by molar-refractivity contribution is -0.139. The number of piperidine rings is 1. The van der Waals surface area contributed by atoms with Crippen molar-refractivity contribution in [2.45, 2.75) is 37.3 Å². The molecule has 6 heteroatoms. The molecule has 4 rings (SSSR count). The molecule has 27 heavy (non-hydrogen) atoms. The molecule has 148 valence electrons. The predicted octanol–water partition coefficient (Wildman–Crippen LogP) is 1.16.